The zero-order chi connectivity index (χ0) is 14.9. The van der Waals surface area contributed by atoms with Gasteiger partial charge in [0.05, 0.1) is 0 Å². The van der Waals surface area contributed by atoms with E-state index in [1.54, 1.807) is 0 Å². The van der Waals surface area contributed by atoms with Gasteiger partial charge in [-0.1, -0.05) is 6.07 Å². The van der Waals surface area contributed by atoms with Crippen LogP contribution >= 0.6 is 0 Å². The summed E-state index contributed by atoms with van der Waals surface area (Å²) < 4.78 is 26.8. The first kappa shape index (κ1) is 14.9. The fourth-order valence-corrected chi connectivity index (χ4v) is 4.18. The number of fused-ring (bicyclic) bond motifs is 1. The highest BCUT2D eigenvalue weighted by Crippen LogP contribution is 2.42. The summed E-state index contributed by atoms with van der Waals surface area (Å²) in [5.41, 5.74) is 2.54. The molecule has 2 nitrogen and oxygen atoms in total. The lowest BCUT2D eigenvalue weighted by atomic mass is 9.72. The van der Waals surface area contributed by atoms with Crippen LogP contribution in [-0.4, -0.2) is 24.0 Å². The minimum absolute atomic E-state index is 0.0393. The molecule has 0 radical (unpaired) electrons. The van der Waals surface area contributed by atoms with Gasteiger partial charge in [-0.3, -0.25) is 4.98 Å². The summed E-state index contributed by atoms with van der Waals surface area (Å²) in [6.07, 6.45) is 6.56. The molecule has 2 aliphatic carbocycles. The van der Waals surface area contributed by atoms with E-state index in [2.05, 4.69) is 16.4 Å². The Morgan fingerprint density at radius 2 is 2.05 bits per heavy atom. The van der Waals surface area contributed by atoms with Gasteiger partial charge in [0.1, 0.15) is 0 Å². The van der Waals surface area contributed by atoms with E-state index in [4.69, 9.17) is 0 Å². The van der Waals surface area contributed by atoms with E-state index in [1.165, 1.54) is 17.7 Å². The minimum Gasteiger partial charge on any atom is -0.316 e. The van der Waals surface area contributed by atoms with Crippen molar-refractivity contribution in [2.45, 2.75) is 62.8 Å². The molecule has 0 spiro atoms. The largest absolute Gasteiger partial charge is 0.316 e. The summed E-state index contributed by atoms with van der Waals surface area (Å²) in [5, 5.41) is 3.42. The highest BCUT2D eigenvalue weighted by Gasteiger charge is 2.40. The fraction of sp³-hybridized carbons (Fsp3) is 0.706. The van der Waals surface area contributed by atoms with Gasteiger partial charge >= 0.3 is 0 Å². The summed E-state index contributed by atoms with van der Waals surface area (Å²) in [6, 6.07) is 4.43. The Morgan fingerprint density at radius 3 is 2.76 bits per heavy atom. The summed E-state index contributed by atoms with van der Waals surface area (Å²) in [5.74, 6) is -1.73. The third-order valence-corrected chi connectivity index (χ3v) is 5.28. The second-order valence-electron chi connectivity index (χ2n) is 6.55. The Hall–Kier alpha value is -1.03. The molecule has 0 saturated heterocycles. The van der Waals surface area contributed by atoms with Crippen LogP contribution in [-0.2, 0) is 6.42 Å². The first-order valence-electron chi connectivity index (χ1n) is 8.09. The molecule has 21 heavy (non-hydrogen) atoms. The average molecular weight is 294 g/mol. The fourth-order valence-electron chi connectivity index (χ4n) is 4.18. The number of hydrogen-bond acceptors (Lipinski definition) is 2. The van der Waals surface area contributed by atoms with Crippen molar-refractivity contribution in [1.29, 1.82) is 0 Å². The van der Waals surface area contributed by atoms with E-state index in [9.17, 15) is 8.78 Å². The lowest BCUT2D eigenvalue weighted by Gasteiger charge is -2.39. The third-order valence-electron chi connectivity index (χ3n) is 5.28. The van der Waals surface area contributed by atoms with Gasteiger partial charge in [0.15, 0.2) is 0 Å². The van der Waals surface area contributed by atoms with E-state index in [0.29, 0.717) is 24.7 Å². The van der Waals surface area contributed by atoms with Crippen LogP contribution < -0.4 is 5.32 Å². The smallest absolute Gasteiger partial charge is 0.248 e. The summed E-state index contributed by atoms with van der Waals surface area (Å²) in [4.78, 5) is 4.60. The number of rotatable bonds is 3. The standard InChI is InChI=1S/C17H24F2N2/c1-20-15(13-7-9-17(18,19)10-8-13)14-6-2-4-12-5-3-11-21-16(12)14/h3,5,11,13-15,20H,2,4,6-10H2,1H3. The molecule has 2 unspecified atom stereocenters. The van der Waals surface area contributed by atoms with Crippen molar-refractivity contribution in [3.8, 4) is 0 Å². The Bertz CT molecular complexity index is 479. The molecule has 0 bridgehead atoms. The molecule has 1 N–H and O–H groups in total. The summed E-state index contributed by atoms with van der Waals surface area (Å²) in [7, 11) is 1.97. The number of aromatic nitrogens is 1. The quantitative estimate of drug-likeness (QED) is 0.914. The molecule has 1 aromatic heterocycles. The maximum absolute atomic E-state index is 13.4. The molecule has 3 rings (SSSR count). The SMILES string of the molecule is CNC(C1CCC(F)(F)CC1)C1CCCc2cccnc21. The number of pyridine rings is 1. The van der Waals surface area contributed by atoms with Crippen molar-refractivity contribution in [1.82, 2.24) is 10.3 Å². The number of aryl methyl sites for hydroxylation is 1. The highest BCUT2D eigenvalue weighted by atomic mass is 19.3. The van der Waals surface area contributed by atoms with Gasteiger partial charge in [0.2, 0.25) is 5.92 Å². The molecule has 0 aromatic carbocycles. The van der Waals surface area contributed by atoms with Crippen LogP contribution in [0.2, 0.25) is 0 Å². The zero-order valence-corrected chi connectivity index (χ0v) is 12.6. The van der Waals surface area contributed by atoms with Gasteiger partial charge in [0, 0.05) is 36.7 Å². The van der Waals surface area contributed by atoms with Crippen LogP contribution in [0.5, 0.6) is 0 Å². The molecular weight excluding hydrogens is 270 g/mol. The Morgan fingerprint density at radius 1 is 1.29 bits per heavy atom. The molecule has 1 heterocycles. The van der Waals surface area contributed by atoms with Crippen molar-refractivity contribution in [2.24, 2.45) is 5.92 Å². The average Bonchev–Trinajstić information content (AvgIpc) is 2.50. The van der Waals surface area contributed by atoms with Gasteiger partial charge in [0.25, 0.3) is 0 Å². The zero-order valence-electron chi connectivity index (χ0n) is 12.6. The molecule has 2 atom stereocenters. The van der Waals surface area contributed by atoms with Crippen molar-refractivity contribution in [3.05, 3.63) is 29.6 Å². The van der Waals surface area contributed by atoms with Crippen LogP contribution in [0, 0.1) is 5.92 Å². The molecule has 116 valence electrons. The van der Waals surface area contributed by atoms with Gasteiger partial charge in [-0.05, 0) is 56.7 Å². The van der Waals surface area contributed by atoms with E-state index in [-0.39, 0.29) is 18.9 Å². The van der Waals surface area contributed by atoms with E-state index >= 15 is 0 Å². The van der Waals surface area contributed by atoms with Crippen LogP contribution in [0.15, 0.2) is 18.3 Å². The summed E-state index contributed by atoms with van der Waals surface area (Å²) in [6.45, 7) is 0. The predicted molar refractivity (Wildman–Crippen MR) is 79.7 cm³/mol. The maximum Gasteiger partial charge on any atom is 0.248 e. The van der Waals surface area contributed by atoms with E-state index in [0.717, 1.165) is 12.8 Å². The molecule has 0 amide bonds. The van der Waals surface area contributed by atoms with Crippen LogP contribution in [0.4, 0.5) is 8.78 Å². The number of alkyl halides is 2. The van der Waals surface area contributed by atoms with Gasteiger partial charge < -0.3 is 5.32 Å². The number of hydrogen-bond donors (Lipinski definition) is 1. The van der Waals surface area contributed by atoms with Crippen molar-refractivity contribution >= 4 is 0 Å². The van der Waals surface area contributed by atoms with Crippen LogP contribution in [0.1, 0.15) is 55.7 Å². The minimum atomic E-state index is -2.45. The topological polar surface area (TPSA) is 24.9 Å². The molecular formula is C17H24F2N2. The van der Waals surface area contributed by atoms with E-state index in [1.807, 2.05) is 19.3 Å². The second-order valence-corrected chi connectivity index (χ2v) is 6.55. The molecule has 2 aliphatic rings. The van der Waals surface area contributed by atoms with E-state index < -0.39 is 5.92 Å². The number of nitrogens with one attached hydrogen (secondary N) is 1. The van der Waals surface area contributed by atoms with Crippen molar-refractivity contribution in [2.75, 3.05) is 7.05 Å². The molecule has 4 heteroatoms. The van der Waals surface area contributed by atoms with Gasteiger partial charge in [-0.25, -0.2) is 8.78 Å². The Labute approximate surface area is 125 Å². The van der Waals surface area contributed by atoms with Crippen LogP contribution in [0.25, 0.3) is 0 Å². The van der Waals surface area contributed by atoms with Gasteiger partial charge in [-0.15, -0.1) is 0 Å². The van der Waals surface area contributed by atoms with Gasteiger partial charge in [-0.2, -0.15) is 0 Å². The first-order chi connectivity index (χ1) is 10.1. The summed E-state index contributed by atoms with van der Waals surface area (Å²) >= 11 is 0. The molecule has 0 aliphatic heterocycles. The van der Waals surface area contributed by atoms with Crippen molar-refractivity contribution < 1.29 is 8.78 Å². The normalized spacial score (nSPS) is 27.1. The number of likely N-dealkylation sites (N-methyl/N-ethyl adjacent to an activating group) is 1. The predicted octanol–water partition coefficient (Wildman–Crippen LogP) is 3.92. The first-order valence-corrected chi connectivity index (χ1v) is 8.09. The second kappa shape index (κ2) is 5.99. The lowest BCUT2D eigenvalue weighted by Crippen LogP contribution is -2.43. The molecule has 1 aromatic rings. The lowest BCUT2D eigenvalue weighted by molar-refractivity contribution is -0.0506. The van der Waals surface area contributed by atoms with Crippen molar-refractivity contribution in [3.63, 3.8) is 0 Å². The Kier molecular flexibility index (Phi) is 4.25. The monoisotopic (exact) mass is 294 g/mol. The maximum atomic E-state index is 13.4. The molecule has 1 fully saturated rings. The molecule has 1 saturated carbocycles. The highest BCUT2D eigenvalue weighted by molar-refractivity contribution is 5.27. The number of halogens is 2. The Balaban J connectivity index is 1.78. The van der Waals surface area contributed by atoms with Crippen LogP contribution in [0.3, 0.4) is 0 Å². The third kappa shape index (κ3) is 3.10. The number of nitrogens with zero attached hydrogens (tertiary/aromatic N) is 1.